The second-order valence-electron chi connectivity index (χ2n) is 7.49. The van der Waals surface area contributed by atoms with Gasteiger partial charge in [0.05, 0.1) is 19.4 Å². The zero-order valence-electron chi connectivity index (χ0n) is 17.2. The first-order chi connectivity index (χ1) is 14.2. The number of ether oxygens (including phenoxy) is 2. The molecule has 0 aliphatic carbocycles. The van der Waals surface area contributed by atoms with Crippen LogP contribution in [0.1, 0.15) is 31.9 Å². The van der Waals surface area contributed by atoms with E-state index in [0.29, 0.717) is 6.61 Å². The fourth-order valence-electron chi connectivity index (χ4n) is 2.30. The van der Waals surface area contributed by atoms with Gasteiger partial charge in [0.2, 0.25) is 0 Å². The van der Waals surface area contributed by atoms with Gasteiger partial charge in [0.1, 0.15) is 11.6 Å². The Morgan fingerprint density at radius 2 is 1.77 bits per heavy atom. The summed E-state index contributed by atoms with van der Waals surface area (Å²) in [5.74, 6) is -0.512. The summed E-state index contributed by atoms with van der Waals surface area (Å²) in [6, 6.07) is 16.0. The molecule has 2 aromatic carbocycles. The molecule has 2 aromatic rings. The molecule has 1 atom stereocenters. The summed E-state index contributed by atoms with van der Waals surface area (Å²) in [5, 5.41) is 6.49. The zero-order chi connectivity index (χ0) is 22.0. The maximum atomic E-state index is 12.5. The standard InChI is InChI=1S/C22H26BrN3O4/c1-22(2,3)30-21(28)25-19(15-29-14-17-7-5-4-6-8-17)20(27)26-24-13-16-9-11-18(23)12-10-16/h4-13,19H,14-15H2,1-3H3,(H,25,28)(H,26,27)/b24-13-/t19-/m0/s1. The highest BCUT2D eigenvalue weighted by molar-refractivity contribution is 9.10. The number of hydrogen-bond donors (Lipinski definition) is 2. The van der Waals surface area contributed by atoms with Gasteiger partial charge in [0, 0.05) is 4.47 Å². The summed E-state index contributed by atoms with van der Waals surface area (Å²) in [4.78, 5) is 24.7. The Morgan fingerprint density at radius 1 is 1.10 bits per heavy atom. The van der Waals surface area contributed by atoms with E-state index < -0.39 is 23.6 Å². The van der Waals surface area contributed by atoms with E-state index in [1.165, 1.54) is 6.21 Å². The number of hydrogen-bond acceptors (Lipinski definition) is 5. The third kappa shape index (κ3) is 9.19. The van der Waals surface area contributed by atoms with Crippen LogP contribution in [-0.4, -0.2) is 36.5 Å². The molecule has 7 nitrogen and oxygen atoms in total. The average Bonchev–Trinajstić information content (AvgIpc) is 2.68. The molecular formula is C22H26BrN3O4. The lowest BCUT2D eigenvalue weighted by Crippen LogP contribution is -2.49. The third-order valence-corrected chi connectivity index (χ3v) is 4.19. The van der Waals surface area contributed by atoms with Crippen molar-refractivity contribution in [2.24, 2.45) is 5.10 Å². The van der Waals surface area contributed by atoms with Crippen LogP contribution in [0.2, 0.25) is 0 Å². The highest BCUT2D eigenvalue weighted by Gasteiger charge is 2.24. The molecule has 0 heterocycles. The van der Waals surface area contributed by atoms with Gasteiger partial charge in [-0.25, -0.2) is 10.2 Å². The molecule has 30 heavy (non-hydrogen) atoms. The molecule has 2 N–H and O–H groups in total. The van der Waals surface area contributed by atoms with Gasteiger partial charge in [-0.05, 0) is 44.0 Å². The van der Waals surface area contributed by atoms with Crippen LogP contribution < -0.4 is 10.7 Å². The molecule has 0 aliphatic heterocycles. The summed E-state index contributed by atoms with van der Waals surface area (Å²) in [7, 11) is 0. The number of benzene rings is 2. The molecule has 8 heteroatoms. The van der Waals surface area contributed by atoms with Crippen LogP contribution in [0.25, 0.3) is 0 Å². The minimum atomic E-state index is -0.967. The molecule has 0 aromatic heterocycles. The largest absolute Gasteiger partial charge is 0.444 e. The van der Waals surface area contributed by atoms with Crippen LogP contribution in [0.3, 0.4) is 0 Å². The predicted octanol–water partition coefficient (Wildman–Crippen LogP) is 4.01. The number of alkyl carbamates (subject to hydrolysis) is 1. The summed E-state index contributed by atoms with van der Waals surface area (Å²) in [6.45, 7) is 5.51. The maximum Gasteiger partial charge on any atom is 0.408 e. The van der Waals surface area contributed by atoms with Gasteiger partial charge in [0.15, 0.2) is 0 Å². The lowest BCUT2D eigenvalue weighted by Gasteiger charge is -2.22. The summed E-state index contributed by atoms with van der Waals surface area (Å²) in [6.07, 6.45) is 0.808. The lowest BCUT2D eigenvalue weighted by atomic mass is 10.2. The Balaban J connectivity index is 1.96. The van der Waals surface area contributed by atoms with E-state index >= 15 is 0 Å². The van der Waals surface area contributed by atoms with E-state index in [9.17, 15) is 9.59 Å². The van der Waals surface area contributed by atoms with Gasteiger partial charge in [0.25, 0.3) is 5.91 Å². The van der Waals surface area contributed by atoms with Gasteiger partial charge < -0.3 is 14.8 Å². The van der Waals surface area contributed by atoms with Crippen molar-refractivity contribution in [2.45, 2.75) is 39.0 Å². The monoisotopic (exact) mass is 475 g/mol. The van der Waals surface area contributed by atoms with Crippen LogP contribution in [0, 0.1) is 0 Å². The highest BCUT2D eigenvalue weighted by Crippen LogP contribution is 2.09. The molecule has 0 saturated carbocycles. The number of hydrazone groups is 1. The molecule has 2 amide bonds. The molecule has 0 aliphatic rings. The van der Waals surface area contributed by atoms with Crippen molar-refractivity contribution in [1.29, 1.82) is 0 Å². The molecular weight excluding hydrogens is 450 g/mol. The van der Waals surface area contributed by atoms with Crippen LogP contribution in [-0.2, 0) is 20.9 Å². The van der Waals surface area contributed by atoms with E-state index in [-0.39, 0.29) is 6.61 Å². The van der Waals surface area contributed by atoms with E-state index in [4.69, 9.17) is 9.47 Å². The molecule has 0 fully saturated rings. The normalized spacial score (nSPS) is 12.4. The minimum absolute atomic E-state index is 0.0340. The minimum Gasteiger partial charge on any atom is -0.444 e. The van der Waals surface area contributed by atoms with Gasteiger partial charge >= 0.3 is 6.09 Å². The van der Waals surface area contributed by atoms with E-state index in [1.54, 1.807) is 20.8 Å². The van der Waals surface area contributed by atoms with Crippen molar-refractivity contribution in [3.63, 3.8) is 0 Å². The quantitative estimate of drug-likeness (QED) is 0.445. The third-order valence-electron chi connectivity index (χ3n) is 3.66. The molecule has 0 bridgehead atoms. The van der Waals surface area contributed by atoms with Crippen LogP contribution in [0.4, 0.5) is 4.79 Å². The van der Waals surface area contributed by atoms with Crippen molar-refractivity contribution in [3.05, 3.63) is 70.2 Å². The first kappa shape index (κ1) is 23.6. The van der Waals surface area contributed by atoms with Crippen molar-refractivity contribution < 1.29 is 19.1 Å². The second-order valence-corrected chi connectivity index (χ2v) is 8.40. The van der Waals surface area contributed by atoms with Gasteiger partial charge in [-0.3, -0.25) is 4.79 Å². The maximum absolute atomic E-state index is 12.5. The number of halogens is 1. The molecule has 2 rings (SSSR count). The summed E-state index contributed by atoms with van der Waals surface area (Å²) >= 11 is 3.36. The van der Waals surface area contributed by atoms with Gasteiger partial charge in [-0.15, -0.1) is 0 Å². The average molecular weight is 476 g/mol. The molecule has 0 saturated heterocycles. The number of nitrogens with zero attached hydrogens (tertiary/aromatic N) is 1. The second kappa shape index (κ2) is 11.5. The topological polar surface area (TPSA) is 89.0 Å². The predicted molar refractivity (Wildman–Crippen MR) is 119 cm³/mol. The molecule has 160 valence electrons. The first-order valence-corrected chi connectivity index (χ1v) is 10.2. The van der Waals surface area contributed by atoms with E-state index in [2.05, 4.69) is 31.8 Å². The number of nitrogens with one attached hydrogen (secondary N) is 2. The number of carbonyl (C=O) groups is 2. The first-order valence-electron chi connectivity index (χ1n) is 9.42. The fourth-order valence-corrected chi connectivity index (χ4v) is 2.56. The van der Waals surface area contributed by atoms with Crippen LogP contribution >= 0.6 is 15.9 Å². The van der Waals surface area contributed by atoms with Gasteiger partial charge in [-0.1, -0.05) is 58.4 Å². The van der Waals surface area contributed by atoms with Crippen molar-refractivity contribution in [2.75, 3.05) is 6.61 Å². The Hall–Kier alpha value is -2.71. The Kier molecular flexibility index (Phi) is 9.01. The number of rotatable bonds is 8. The lowest BCUT2D eigenvalue weighted by molar-refractivity contribution is -0.124. The zero-order valence-corrected chi connectivity index (χ0v) is 18.8. The van der Waals surface area contributed by atoms with Crippen LogP contribution in [0.5, 0.6) is 0 Å². The van der Waals surface area contributed by atoms with E-state index in [1.807, 2.05) is 54.6 Å². The summed E-state index contributed by atoms with van der Waals surface area (Å²) < 4.78 is 11.8. The Bertz CT molecular complexity index is 849. The Labute approximate surface area is 185 Å². The van der Waals surface area contributed by atoms with Crippen molar-refractivity contribution >= 4 is 34.1 Å². The number of carbonyl (C=O) groups excluding carboxylic acids is 2. The Morgan fingerprint density at radius 3 is 2.40 bits per heavy atom. The van der Waals surface area contributed by atoms with Crippen LogP contribution in [0.15, 0.2) is 64.2 Å². The smallest absolute Gasteiger partial charge is 0.408 e. The molecule has 0 radical (unpaired) electrons. The van der Waals surface area contributed by atoms with Crippen molar-refractivity contribution in [3.8, 4) is 0 Å². The molecule has 0 spiro atoms. The highest BCUT2D eigenvalue weighted by atomic mass is 79.9. The van der Waals surface area contributed by atoms with Gasteiger partial charge in [-0.2, -0.15) is 5.10 Å². The SMILES string of the molecule is CC(C)(C)OC(=O)N[C@@H](COCc1ccccc1)C(=O)N/N=C\c1ccc(Br)cc1. The van der Waals surface area contributed by atoms with Crippen molar-refractivity contribution in [1.82, 2.24) is 10.7 Å². The number of amides is 2. The molecule has 0 unspecified atom stereocenters. The van der Waals surface area contributed by atoms with E-state index in [0.717, 1.165) is 15.6 Å². The summed E-state index contributed by atoms with van der Waals surface area (Å²) in [5.41, 5.74) is 3.52. The fraction of sp³-hybridized carbons (Fsp3) is 0.318.